The van der Waals surface area contributed by atoms with E-state index in [1.165, 1.54) is 18.5 Å². The SMILES string of the molecule is CC(C)CNCc1cccnc1N1CCCN(C)CC1C. The lowest BCUT2D eigenvalue weighted by Gasteiger charge is -2.30. The molecule has 0 spiro atoms. The van der Waals surface area contributed by atoms with Gasteiger partial charge in [0, 0.05) is 37.4 Å². The van der Waals surface area contributed by atoms with Gasteiger partial charge in [-0.15, -0.1) is 0 Å². The van der Waals surface area contributed by atoms with E-state index in [1.54, 1.807) is 0 Å². The van der Waals surface area contributed by atoms with Crippen molar-refractivity contribution in [3.05, 3.63) is 23.9 Å². The average Bonchev–Trinajstić information content (AvgIpc) is 2.59. The maximum absolute atomic E-state index is 4.68. The van der Waals surface area contributed by atoms with Gasteiger partial charge in [0.05, 0.1) is 0 Å². The third kappa shape index (κ3) is 4.68. The smallest absolute Gasteiger partial charge is 0.133 e. The lowest BCUT2D eigenvalue weighted by molar-refractivity contribution is 0.337. The van der Waals surface area contributed by atoms with Crippen molar-refractivity contribution in [2.24, 2.45) is 5.92 Å². The van der Waals surface area contributed by atoms with Crippen LogP contribution in [0.1, 0.15) is 32.8 Å². The largest absolute Gasteiger partial charge is 0.352 e. The fourth-order valence-electron chi connectivity index (χ4n) is 3.01. The van der Waals surface area contributed by atoms with Crippen LogP contribution in [-0.2, 0) is 6.54 Å². The van der Waals surface area contributed by atoms with E-state index in [2.05, 4.69) is 54.0 Å². The molecule has 0 radical (unpaired) electrons. The number of nitrogens with one attached hydrogen (secondary N) is 1. The molecule has 1 saturated heterocycles. The number of hydrogen-bond donors (Lipinski definition) is 1. The van der Waals surface area contributed by atoms with Crippen LogP contribution >= 0.6 is 0 Å². The van der Waals surface area contributed by atoms with E-state index in [0.717, 1.165) is 32.0 Å². The molecule has 1 N–H and O–H groups in total. The zero-order chi connectivity index (χ0) is 15.2. The molecule has 4 nitrogen and oxygen atoms in total. The number of rotatable bonds is 5. The minimum absolute atomic E-state index is 0.510. The summed E-state index contributed by atoms with van der Waals surface area (Å²) in [5.41, 5.74) is 1.31. The molecular formula is C17H30N4. The highest BCUT2D eigenvalue weighted by Gasteiger charge is 2.22. The van der Waals surface area contributed by atoms with E-state index >= 15 is 0 Å². The Morgan fingerprint density at radius 3 is 2.95 bits per heavy atom. The van der Waals surface area contributed by atoms with Crippen LogP contribution in [0, 0.1) is 5.92 Å². The Kier molecular flexibility index (Phi) is 6.00. The van der Waals surface area contributed by atoms with Crippen molar-refractivity contribution in [3.8, 4) is 0 Å². The zero-order valence-electron chi connectivity index (χ0n) is 14.0. The van der Waals surface area contributed by atoms with Gasteiger partial charge in [0.1, 0.15) is 5.82 Å². The molecule has 21 heavy (non-hydrogen) atoms. The molecule has 0 amide bonds. The number of anilines is 1. The van der Waals surface area contributed by atoms with Crippen molar-refractivity contribution in [3.63, 3.8) is 0 Å². The van der Waals surface area contributed by atoms with Crippen LogP contribution in [0.4, 0.5) is 5.82 Å². The number of aromatic nitrogens is 1. The number of likely N-dealkylation sites (N-methyl/N-ethyl adjacent to an activating group) is 1. The minimum atomic E-state index is 0.510. The molecule has 1 unspecified atom stereocenters. The van der Waals surface area contributed by atoms with E-state index in [9.17, 15) is 0 Å². The summed E-state index contributed by atoms with van der Waals surface area (Å²) in [7, 11) is 2.21. The molecule has 1 fully saturated rings. The van der Waals surface area contributed by atoms with Crippen LogP contribution in [0.25, 0.3) is 0 Å². The number of hydrogen-bond acceptors (Lipinski definition) is 4. The lowest BCUT2D eigenvalue weighted by atomic mass is 10.1. The van der Waals surface area contributed by atoms with Crippen LogP contribution in [0.5, 0.6) is 0 Å². The van der Waals surface area contributed by atoms with Gasteiger partial charge >= 0.3 is 0 Å². The molecule has 2 rings (SSSR count). The Bertz CT molecular complexity index is 433. The predicted octanol–water partition coefficient (Wildman–Crippen LogP) is 2.36. The van der Waals surface area contributed by atoms with Crippen molar-refractivity contribution in [1.29, 1.82) is 0 Å². The minimum Gasteiger partial charge on any atom is -0.352 e. The lowest BCUT2D eigenvalue weighted by Crippen LogP contribution is -2.39. The van der Waals surface area contributed by atoms with Gasteiger partial charge in [0.15, 0.2) is 0 Å². The first-order chi connectivity index (χ1) is 10.1. The Labute approximate surface area is 129 Å². The zero-order valence-corrected chi connectivity index (χ0v) is 14.0. The van der Waals surface area contributed by atoms with Gasteiger partial charge in [-0.3, -0.25) is 0 Å². The first kappa shape index (κ1) is 16.2. The van der Waals surface area contributed by atoms with E-state index in [-0.39, 0.29) is 0 Å². The van der Waals surface area contributed by atoms with Gasteiger partial charge in [-0.1, -0.05) is 19.9 Å². The van der Waals surface area contributed by atoms with E-state index in [4.69, 9.17) is 0 Å². The molecule has 1 aromatic heterocycles. The molecule has 4 heteroatoms. The van der Waals surface area contributed by atoms with Crippen LogP contribution in [0.3, 0.4) is 0 Å². The second-order valence-corrected chi connectivity index (χ2v) is 6.67. The second-order valence-electron chi connectivity index (χ2n) is 6.67. The molecule has 118 valence electrons. The highest BCUT2D eigenvalue weighted by molar-refractivity contribution is 5.47. The quantitative estimate of drug-likeness (QED) is 0.902. The molecule has 0 aliphatic carbocycles. The second kappa shape index (κ2) is 7.76. The number of nitrogens with zero attached hydrogens (tertiary/aromatic N) is 3. The first-order valence-corrected chi connectivity index (χ1v) is 8.17. The highest BCUT2D eigenvalue weighted by atomic mass is 15.3. The van der Waals surface area contributed by atoms with Crippen molar-refractivity contribution in [2.75, 3.05) is 38.1 Å². The van der Waals surface area contributed by atoms with Crippen LogP contribution < -0.4 is 10.2 Å². The van der Waals surface area contributed by atoms with Crippen molar-refractivity contribution in [2.45, 2.75) is 39.8 Å². The standard InChI is InChI=1S/C17H30N4/c1-14(2)11-18-12-16-7-5-8-19-17(16)21-10-6-9-20(4)13-15(21)3/h5,7-8,14-15,18H,6,9-13H2,1-4H3. The van der Waals surface area contributed by atoms with Crippen molar-refractivity contribution >= 4 is 5.82 Å². The maximum Gasteiger partial charge on any atom is 0.133 e. The third-order valence-electron chi connectivity index (χ3n) is 4.05. The molecule has 0 bridgehead atoms. The van der Waals surface area contributed by atoms with Gasteiger partial charge in [-0.05, 0) is 45.5 Å². The Morgan fingerprint density at radius 2 is 2.19 bits per heavy atom. The van der Waals surface area contributed by atoms with Gasteiger partial charge in [0.25, 0.3) is 0 Å². The Morgan fingerprint density at radius 1 is 1.38 bits per heavy atom. The van der Waals surface area contributed by atoms with Gasteiger partial charge in [-0.25, -0.2) is 4.98 Å². The maximum atomic E-state index is 4.68. The monoisotopic (exact) mass is 290 g/mol. The average molecular weight is 290 g/mol. The molecule has 1 aliphatic rings. The molecule has 1 aromatic rings. The third-order valence-corrected chi connectivity index (χ3v) is 4.05. The summed E-state index contributed by atoms with van der Waals surface area (Å²) in [6.45, 7) is 12.1. The van der Waals surface area contributed by atoms with E-state index in [1.807, 2.05) is 12.3 Å². The van der Waals surface area contributed by atoms with Crippen LogP contribution in [-0.4, -0.2) is 49.2 Å². The van der Waals surface area contributed by atoms with Gasteiger partial charge < -0.3 is 15.1 Å². The molecular weight excluding hydrogens is 260 g/mol. The molecule has 1 aliphatic heterocycles. The molecule has 0 aromatic carbocycles. The molecule has 0 saturated carbocycles. The van der Waals surface area contributed by atoms with Crippen molar-refractivity contribution < 1.29 is 0 Å². The predicted molar refractivity (Wildman–Crippen MR) is 89.7 cm³/mol. The molecule has 2 heterocycles. The first-order valence-electron chi connectivity index (χ1n) is 8.17. The number of pyridine rings is 1. The summed E-state index contributed by atoms with van der Waals surface area (Å²) < 4.78 is 0. The summed E-state index contributed by atoms with van der Waals surface area (Å²) >= 11 is 0. The normalized spacial score (nSPS) is 20.8. The Hall–Kier alpha value is -1.13. The van der Waals surface area contributed by atoms with Crippen LogP contribution in [0.2, 0.25) is 0 Å². The topological polar surface area (TPSA) is 31.4 Å². The van der Waals surface area contributed by atoms with Crippen molar-refractivity contribution in [1.82, 2.24) is 15.2 Å². The fraction of sp³-hybridized carbons (Fsp3) is 0.706. The summed E-state index contributed by atoms with van der Waals surface area (Å²) in [5.74, 6) is 1.84. The van der Waals surface area contributed by atoms with Gasteiger partial charge in [-0.2, -0.15) is 0 Å². The fourth-order valence-corrected chi connectivity index (χ4v) is 3.01. The summed E-state index contributed by atoms with van der Waals surface area (Å²) in [5, 5.41) is 3.54. The summed E-state index contributed by atoms with van der Waals surface area (Å²) in [6.07, 6.45) is 3.12. The van der Waals surface area contributed by atoms with E-state index < -0.39 is 0 Å². The van der Waals surface area contributed by atoms with E-state index in [0.29, 0.717) is 12.0 Å². The Balaban J connectivity index is 2.10. The summed E-state index contributed by atoms with van der Waals surface area (Å²) in [6, 6.07) is 4.76. The summed E-state index contributed by atoms with van der Waals surface area (Å²) in [4.78, 5) is 9.59. The highest BCUT2D eigenvalue weighted by Crippen LogP contribution is 2.22. The van der Waals surface area contributed by atoms with Gasteiger partial charge in [0.2, 0.25) is 0 Å². The van der Waals surface area contributed by atoms with Crippen LogP contribution in [0.15, 0.2) is 18.3 Å². The molecule has 1 atom stereocenters.